The quantitative estimate of drug-likeness (QED) is 0.904. The minimum Gasteiger partial charge on any atom is -0.348 e. The predicted octanol–water partition coefficient (Wildman–Crippen LogP) is 1.92. The van der Waals surface area contributed by atoms with E-state index in [1.807, 2.05) is 6.20 Å². The standard InChI is InChI=1S/C17H28N4O/c1-13(2)10-20-7-6-16-14(11-20)3-4-17(22)21(16)8-5-15-9-18-12-19-15/h9,12-14,16H,3-8,10-11H2,1-2H3,(H,18,19)/t14-,16+/m0/s1. The summed E-state index contributed by atoms with van der Waals surface area (Å²) < 4.78 is 0. The zero-order chi connectivity index (χ0) is 15.5. The van der Waals surface area contributed by atoms with Crippen molar-refractivity contribution in [1.82, 2.24) is 19.8 Å². The third kappa shape index (κ3) is 3.51. The molecule has 5 heteroatoms. The monoisotopic (exact) mass is 304 g/mol. The van der Waals surface area contributed by atoms with Crippen LogP contribution in [0.4, 0.5) is 0 Å². The Balaban J connectivity index is 1.60. The van der Waals surface area contributed by atoms with Crippen molar-refractivity contribution in [2.75, 3.05) is 26.2 Å². The molecule has 2 aliphatic rings. The van der Waals surface area contributed by atoms with E-state index in [9.17, 15) is 4.79 Å². The lowest BCUT2D eigenvalue weighted by atomic mass is 9.83. The molecule has 1 N–H and O–H groups in total. The van der Waals surface area contributed by atoms with Gasteiger partial charge in [-0.3, -0.25) is 4.79 Å². The largest absolute Gasteiger partial charge is 0.348 e. The molecule has 0 saturated carbocycles. The van der Waals surface area contributed by atoms with Crippen LogP contribution in [0.5, 0.6) is 0 Å². The lowest BCUT2D eigenvalue weighted by molar-refractivity contribution is -0.141. The number of hydrogen-bond donors (Lipinski definition) is 1. The number of nitrogens with one attached hydrogen (secondary N) is 1. The van der Waals surface area contributed by atoms with Crippen LogP contribution in [0.15, 0.2) is 12.5 Å². The van der Waals surface area contributed by atoms with E-state index in [0.29, 0.717) is 17.9 Å². The number of carbonyl (C=O) groups is 1. The highest BCUT2D eigenvalue weighted by Crippen LogP contribution is 2.31. The third-order valence-electron chi connectivity index (χ3n) is 5.03. The van der Waals surface area contributed by atoms with Crippen molar-refractivity contribution in [2.45, 2.75) is 45.6 Å². The molecule has 0 aliphatic carbocycles. The topological polar surface area (TPSA) is 52.2 Å². The molecule has 0 radical (unpaired) electrons. The average molecular weight is 304 g/mol. The Labute approximate surface area is 133 Å². The van der Waals surface area contributed by atoms with Crippen molar-refractivity contribution in [2.24, 2.45) is 11.8 Å². The van der Waals surface area contributed by atoms with Gasteiger partial charge >= 0.3 is 0 Å². The fraction of sp³-hybridized carbons (Fsp3) is 0.765. The lowest BCUT2D eigenvalue weighted by Crippen LogP contribution is -2.56. The van der Waals surface area contributed by atoms with E-state index in [0.717, 1.165) is 56.9 Å². The number of aromatic amines is 1. The Bertz CT molecular complexity index is 485. The summed E-state index contributed by atoms with van der Waals surface area (Å²) >= 11 is 0. The molecule has 1 aromatic heterocycles. The van der Waals surface area contributed by atoms with Gasteiger partial charge in [0, 0.05) is 57.0 Å². The number of H-pyrrole nitrogens is 1. The van der Waals surface area contributed by atoms with E-state index >= 15 is 0 Å². The van der Waals surface area contributed by atoms with Crippen molar-refractivity contribution in [3.05, 3.63) is 18.2 Å². The van der Waals surface area contributed by atoms with Gasteiger partial charge in [-0.05, 0) is 24.7 Å². The fourth-order valence-electron chi connectivity index (χ4n) is 4.06. The van der Waals surface area contributed by atoms with E-state index in [4.69, 9.17) is 0 Å². The zero-order valence-corrected chi connectivity index (χ0v) is 13.8. The molecule has 0 unspecified atom stereocenters. The molecule has 0 aromatic carbocycles. The zero-order valence-electron chi connectivity index (χ0n) is 13.8. The molecule has 1 amide bonds. The van der Waals surface area contributed by atoms with Gasteiger partial charge in [0.15, 0.2) is 0 Å². The second-order valence-corrected chi connectivity index (χ2v) is 7.22. The minimum absolute atomic E-state index is 0.345. The lowest BCUT2D eigenvalue weighted by Gasteiger charge is -2.47. The summed E-state index contributed by atoms with van der Waals surface area (Å²) in [5.41, 5.74) is 1.12. The van der Waals surface area contributed by atoms with Crippen molar-refractivity contribution in [3.63, 3.8) is 0 Å². The average Bonchev–Trinajstić information content (AvgIpc) is 2.99. The molecule has 0 bridgehead atoms. The maximum Gasteiger partial charge on any atom is 0.222 e. The van der Waals surface area contributed by atoms with Gasteiger partial charge in [-0.2, -0.15) is 0 Å². The third-order valence-corrected chi connectivity index (χ3v) is 5.03. The first-order valence-electron chi connectivity index (χ1n) is 8.62. The highest BCUT2D eigenvalue weighted by Gasteiger charge is 2.38. The Kier molecular flexibility index (Phi) is 4.81. The number of aromatic nitrogens is 2. The summed E-state index contributed by atoms with van der Waals surface area (Å²) in [5.74, 6) is 1.73. The molecule has 22 heavy (non-hydrogen) atoms. The van der Waals surface area contributed by atoms with Gasteiger partial charge in [0.1, 0.15) is 0 Å². The van der Waals surface area contributed by atoms with Gasteiger partial charge < -0.3 is 14.8 Å². The number of carbonyl (C=O) groups excluding carboxylic acids is 1. The molecule has 2 aliphatic heterocycles. The number of nitrogens with zero attached hydrogens (tertiary/aromatic N) is 3. The van der Waals surface area contributed by atoms with E-state index in [1.54, 1.807) is 6.33 Å². The van der Waals surface area contributed by atoms with Crippen LogP contribution in [0.3, 0.4) is 0 Å². The number of piperidine rings is 2. The van der Waals surface area contributed by atoms with Crippen LogP contribution in [0.1, 0.15) is 38.8 Å². The van der Waals surface area contributed by atoms with Crippen LogP contribution >= 0.6 is 0 Å². The van der Waals surface area contributed by atoms with Crippen molar-refractivity contribution >= 4 is 5.91 Å². The van der Waals surface area contributed by atoms with Gasteiger partial charge in [-0.15, -0.1) is 0 Å². The van der Waals surface area contributed by atoms with Crippen LogP contribution < -0.4 is 0 Å². The second-order valence-electron chi connectivity index (χ2n) is 7.22. The minimum atomic E-state index is 0.345. The second kappa shape index (κ2) is 6.82. The Morgan fingerprint density at radius 3 is 3.00 bits per heavy atom. The SMILES string of the molecule is CC(C)CN1CC[C@@H]2[C@@H](CCC(=O)N2CCc2cnc[nH]2)C1. The van der Waals surface area contributed by atoms with Gasteiger partial charge in [-0.1, -0.05) is 13.8 Å². The maximum absolute atomic E-state index is 12.4. The molecule has 122 valence electrons. The van der Waals surface area contributed by atoms with E-state index in [1.165, 1.54) is 6.54 Å². The molecular formula is C17H28N4O. The number of likely N-dealkylation sites (tertiary alicyclic amines) is 2. The molecule has 1 aromatic rings. The fourth-order valence-corrected chi connectivity index (χ4v) is 4.06. The Hall–Kier alpha value is -1.36. The van der Waals surface area contributed by atoms with Crippen LogP contribution in [-0.2, 0) is 11.2 Å². The summed E-state index contributed by atoms with van der Waals surface area (Å²) in [6.45, 7) is 8.88. The molecule has 0 spiro atoms. The highest BCUT2D eigenvalue weighted by atomic mass is 16.2. The summed E-state index contributed by atoms with van der Waals surface area (Å²) in [4.78, 5) is 24.3. The van der Waals surface area contributed by atoms with E-state index in [-0.39, 0.29) is 0 Å². The van der Waals surface area contributed by atoms with Crippen molar-refractivity contribution in [3.8, 4) is 0 Å². The van der Waals surface area contributed by atoms with Crippen LogP contribution in [0.2, 0.25) is 0 Å². The Morgan fingerprint density at radius 1 is 1.41 bits per heavy atom. The summed E-state index contributed by atoms with van der Waals surface area (Å²) in [6.07, 6.45) is 7.37. The molecule has 3 rings (SSSR count). The highest BCUT2D eigenvalue weighted by molar-refractivity contribution is 5.77. The molecule has 2 atom stereocenters. The van der Waals surface area contributed by atoms with Gasteiger partial charge in [0.25, 0.3) is 0 Å². The molecule has 3 heterocycles. The van der Waals surface area contributed by atoms with Gasteiger partial charge in [0.05, 0.1) is 6.33 Å². The van der Waals surface area contributed by atoms with E-state index < -0.39 is 0 Å². The summed E-state index contributed by atoms with van der Waals surface area (Å²) in [6, 6.07) is 0.451. The first-order chi connectivity index (χ1) is 10.6. The normalized spacial score (nSPS) is 26.5. The van der Waals surface area contributed by atoms with Crippen molar-refractivity contribution < 1.29 is 4.79 Å². The number of rotatable bonds is 5. The van der Waals surface area contributed by atoms with Crippen molar-refractivity contribution in [1.29, 1.82) is 0 Å². The number of imidazole rings is 1. The molecular weight excluding hydrogens is 276 g/mol. The number of fused-ring (bicyclic) bond motifs is 1. The maximum atomic E-state index is 12.4. The summed E-state index contributed by atoms with van der Waals surface area (Å²) in [7, 11) is 0. The van der Waals surface area contributed by atoms with Crippen LogP contribution in [-0.4, -0.2) is 57.9 Å². The van der Waals surface area contributed by atoms with Crippen LogP contribution in [0, 0.1) is 11.8 Å². The first kappa shape index (κ1) is 15.5. The molecule has 5 nitrogen and oxygen atoms in total. The summed E-state index contributed by atoms with van der Waals surface area (Å²) in [5, 5.41) is 0. The van der Waals surface area contributed by atoms with Crippen LogP contribution in [0.25, 0.3) is 0 Å². The number of amides is 1. The molecule has 2 fully saturated rings. The molecule has 2 saturated heterocycles. The van der Waals surface area contributed by atoms with E-state index in [2.05, 4.69) is 33.6 Å². The Morgan fingerprint density at radius 2 is 2.27 bits per heavy atom. The number of hydrogen-bond acceptors (Lipinski definition) is 3. The first-order valence-corrected chi connectivity index (χ1v) is 8.62. The smallest absolute Gasteiger partial charge is 0.222 e. The van der Waals surface area contributed by atoms with Gasteiger partial charge in [0.2, 0.25) is 5.91 Å². The predicted molar refractivity (Wildman–Crippen MR) is 86.4 cm³/mol. The van der Waals surface area contributed by atoms with Gasteiger partial charge in [-0.25, -0.2) is 4.98 Å².